The first kappa shape index (κ1) is 23.8. The van der Waals surface area contributed by atoms with Crippen LogP contribution in [-0.4, -0.2) is 46.1 Å². The van der Waals surface area contributed by atoms with Crippen molar-refractivity contribution in [1.29, 1.82) is 0 Å². The van der Waals surface area contributed by atoms with Crippen LogP contribution in [-0.2, 0) is 4.79 Å². The van der Waals surface area contributed by atoms with Crippen molar-refractivity contribution in [3.63, 3.8) is 0 Å². The van der Waals surface area contributed by atoms with Crippen LogP contribution in [0.25, 0.3) is 16.6 Å². The summed E-state index contributed by atoms with van der Waals surface area (Å²) in [5.41, 5.74) is 4.79. The van der Waals surface area contributed by atoms with Gasteiger partial charge in [-0.05, 0) is 63.4 Å². The Balaban J connectivity index is 1.33. The number of hydrogen-bond acceptors (Lipinski definition) is 6. The Morgan fingerprint density at radius 1 is 1.03 bits per heavy atom. The zero-order chi connectivity index (χ0) is 25.2. The molecule has 4 aromatic rings. The van der Waals surface area contributed by atoms with Crippen molar-refractivity contribution in [2.75, 3.05) is 25.1 Å². The summed E-state index contributed by atoms with van der Waals surface area (Å²) in [5, 5.41) is 18.2. The fourth-order valence-corrected chi connectivity index (χ4v) is 5.01. The Hall–Kier alpha value is -3.94. The molecule has 1 N–H and O–H groups in total. The maximum absolute atomic E-state index is 13.0. The summed E-state index contributed by atoms with van der Waals surface area (Å²) in [6.07, 6.45) is 1.53. The minimum absolute atomic E-state index is 0.00999. The molecular weight excluding hydrogens is 452 g/mol. The lowest BCUT2D eigenvalue weighted by Gasteiger charge is -2.32. The molecular formula is C28H32N6O2. The highest BCUT2D eigenvalue weighted by molar-refractivity contribution is 5.92. The SMILES string of the molecule is COc1ccc(-n2nc3c(N4CCC(C(=O)N[C@H](C)c5ccccc5)CC4)nnc(C)c3c2C)cc1. The number of ether oxygens (including phenoxy) is 1. The summed E-state index contributed by atoms with van der Waals surface area (Å²) in [7, 11) is 1.66. The van der Waals surface area contributed by atoms with Gasteiger partial charge in [-0.3, -0.25) is 4.79 Å². The van der Waals surface area contributed by atoms with Gasteiger partial charge >= 0.3 is 0 Å². The maximum Gasteiger partial charge on any atom is 0.223 e. The number of carbonyl (C=O) groups excluding carboxylic acids is 1. The van der Waals surface area contributed by atoms with Crippen LogP contribution in [0.1, 0.15) is 42.8 Å². The summed E-state index contributed by atoms with van der Waals surface area (Å²) < 4.78 is 7.24. The number of piperidine rings is 1. The first-order valence-electron chi connectivity index (χ1n) is 12.4. The number of aromatic nitrogens is 4. The largest absolute Gasteiger partial charge is 0.497 e. The Morgan fingerprint density at radius 2 is 1.72 bits per heavy atom. The lowest BCUT2D eigenvalue weighted by molar-refractivity contribution is -0.126. The molecule has 1 amide bonds. The van der Waals surface area contributed by atoms with Gasteiger partial charge in [0.2, 0.25) is 5.91 Å². The third-order valence-corrected chi connectivity index (χ3v) is 7.13. The van der Waals surface area contributed by atoms with Gasteiger partial charge in [0.1, 0.15) is 11.3 Å². The van der Waals surface area contributed by atoms with Gasteiger partial charge in [-0.25, -0.2) is 4.68 Å². The highest BCUT2D eigenvalue weighted by Crippen LogP contribution is 2.32. The molecule has 0 aliphatic carbocycles. The average Bonchev–Trinajstić information content (AvgIpc) is 3.27. The molecule has 5 rings (SSSR count). The third kappa shape index (κ3) is 4.51. The second-order valence-corrected chi connectivity index (χ2v) is 9.43. The zero-order valence-electron chi connectivity index (χ0n) is 21.2. The van der Waals surface area contributed by atoms with Crippen LogP contribution in [0.3, 0.4) is 0 Å². The fourth-order valence-electron chi connectivity index (χ4n) is 5.01. The van der Waals surface area contributed by atoms with Crippen molar-refractivity contribution < 1.29 is 9.53 Å². The number of nitrogens with one attached hydrogen (secondary N) is 1. The van der Waals surface area contributed by atoms with Crippen molar-refractivity contribution >= 4 is 22.6 Å². The number of fused-ring (bicyclic) bond motifs is 1. The first-order valence-corrected chi connectivity index (χ1v) is 12.4. The number of aryl methyl sites for hydroxylation is 2. The van der Waals surface area contributed by atoms with E-state index in [1.54, 1.807) is 7.11 Å². The number of amides is 1. The van der Waals surface area contributed by atoms with Crippen molar-refractivity contribution in [2.24, 2.45) is 5.92 Å². The van der Waals surface area contributed by atoms with Crippen LogP contribution < -0.4 is 15.0 Å². The van der Waals surface area contributed by atoms with Gasteiger partial charge in [0, 0.05) is 19.0 Å². The molecule has 1 atom stereocenters. The number of rotatable bonds is 6. The first-order chi connectivity index (χ1) is 17.5. The molecule has 1 fully saturated rings. The summed E-state index contributed by atoms with van der Waals surface area (Å²) >= 11 is 0. The van der Waals surface area contributed by atoms with Gasteiger partial charge in [0.25, 0.3) is 0 Å². The second-order valence-electron chi connectivity index (χ2n) is 9.43. The molecule has 3 heterocycles. The van der Waals surface area contributed by atoms with Crippen molar-refractivity contribution in [1.82, 2.24) is 25.3 Å². The molecule has 1 saturated heterocycles. The standard InChI is InChI=1S/C28H32N6O2/c1-18(21-8-6-5-7-9-21)29-28(35)22-14-16-33(17-15-22)27-26-25(19(2)30-31-27)20(3)34(32-26)23-10-12-24(36-4)13-11-23/h5-13,18,22H,14-17H2,1-4H3,(H,29,35)/t18-/m1/s1. The third-order valence-electron chi connectivity index (χ3n) is 7.13. The van der Waals surface area contributed by atoms with E-state index in [1.165, 1.54) is 0 Å². The van der Waals surface area contributed by atoms with E-state index in [1.807, 2.05) is 73.1 Å². The van der Waals surface area contributed by atoms with E-state index in [2.05, 4.69) is 27.3 Å². The molecule has 36 heavy (non-hydrogen) atoms. The van der Waals surface area contributed by atoms with E-state index >= 15 is 0 Å². The monoisotopic (exact) mass is 484 g/mol. The van der Waals surface area contributed by atoms with Crippen LogP contribution in [0.5, 0.6) is 5.75 Å². The summed E-state index contributed by atoms with van der Waals surface area (Å²) in [6, 6.07) is 17.9. The van der Waals surface area contributed by atoms with Crippen molar-refractivity contribution in [2.45, 2.75) is 39.7 Å². The maximum atomic E-state index is 13.0. The number of benzene rings is 2. The van der Waals surface area contributed by atoms with E-state index in [4.69, 9.17) is 9.84 Å². The lowest BCUT2D eigenvalue weighted by atomic mass is 9.95. The number of methoxy groups -OCH3 is 1. The smallest absolute Gasteiger partial charge is 0.223 e. The van der Waals surface area contributed by atoms with Gasteiger partial charge in [-0.1, -0.05) is 30.3 Å². The van der Waals surface area contributed by atoms with Crippen LogP contribution in [0, 0.1) is 19.8 Å². The van der Waals surface area contributed by atoms with Crippen molar-refractivity contribution in [3.8, 4) is 11.4 Å². The van der Waals surface area contributed by atoms with Crippen LogP contribution in [0.2, 0.25) is 0 Å². The normalized spacial score (nSPS) is 15.2. The van der Waals surface area contributed by atoms with E-state index < -0.39 is 0 Å². The van der Waals surface area contributed by atoms with E-state index in [-0.39, 0.29) is 17.9 Å². The Bertz CT molecular complexity index is 1360. The molecule has 8 heteroatoms. The molecule has 2 aromatic carbocycles. The van der Waals surface area contributed by atoms with Gasteiger partial charge in [-0.15, -0.1) is 5.10 Å². The highest BCUT2D eigenvalue weighted by atomic mass is 16.5. The van der Waals surface area contributed by atoms with E-state index in [9.17, 15) is 4.79 Å². The minimum atomic E-state index is -0.0140. The molecule has 0 saturated carbocycles. The van der Waals surface area contributed by atoms with Crippen LogP contribution >= 0.6 is 0 Å². The lowest BCUT2D eigenvalue weighted by Crippen LogP contribution is -2.41. The predicted molar refractivity (Wildman–Crippen MR) is 141 cm³/mol. The Morgan fingerprint density at radius 3 is 2.39 bits per heavy atom. The van der Waals surface area contributed by atoms with Gasteiger partial charge in [0.15, 0.2) is 5.82 Å². The highest BCUT2D eigenvalue weighted by Gasteiger charge is 2.29. The molecule has 0 bridgehead atoms. The van der Waals surface area contributed by atoms with E-state index in [0.29, 0.717) is 0 Å². The van der Waals surface area contributed by atoms with Gasteiger partial charge in [-0.2, -0.15) is 10.2 Å². The van der Waals surface area contributed by atoms with Crippen LogP contribution in [0.4, 0.5) is 5.82 Å². The number of hydrogen-bond donors (Lipinski definition) is 1. The summed E-state index contributed by atoms with van der Waals surface area (Å²) in [5.74, 6) is 1.69. The molecule has 8 nitrogen and oxygen atoms in total. The van der Waals surface area contributed by atoms with Gasteiger partial charge in [0.05, 0.1) is 35.6 Å². The topological polar surface area (TPSA) is 85.2 Å². The molecule has 0 spiro atoms. The quantitative estimate of drug-likeness (QED) is 0.433. The number of carbonyl (C=O) groups is 1. The molecule has 0 radical (unpaired) electrons. The predicted octanol–water partition coefficient (Wildman–Crippen LogP) is 4.53. The molecule has 1 aliphatic heterocycles. The molecule has 1 aliphatic rings. The van der Waals surface area contributed by atoms with Crippen molar-refractivity contribution in [3.05, 3.63) is 71.5 Å². The fraction of sp³-hybridized carbons (Fsp3) is 0.357. The van der Waals surface area contributed by atoms with Gasteiger partial charge < -0.3 is 15.0 Å². The number of anilines is 1. The number of nitrogens with zero attached hydrogens (tertiary/aromatic N) is 5. The zero-order valence-corrected chi connectivity index (χ0v) is 21.2. The molecule has 2 aromatic heterocycles. The average molecular weight is 485 g/mol. The summed E-state index contributed by atoms with van der Waals surface area (Å²) in [4.78, 5) is 15.2. The molecule has 186 valence electrons. The Kier molecular flexibility index (Phi) is 6.59. The van der Waals surface area contributed by atoms with E-state index in [0.717, 1.165) is 71.0 Å². The minimum Gasteiger partial charge on any atom is -0.497 e. The Labute approximate surface area is 211 Å². The molecule has 0 unspecified atom stereocenters. The summed E-state index contributed by atoms with van der Waals surface area (Å²) in [6.45, 7) is 7.53. The second kappa shape index (κ2) is 9.97. The van der Waals surface area contributed by atoms with Crippen LogP contribution in [0.15, 0.2) is 54.6 Å².